The SMILES string of the molecule is CC1(C(=O)O)CCN(C(=O)Nc2ccnc(OCC(F)(F)F)c2)C1. The number of nitrogens with one attached hydrogen (secondary N) is 1. The molecule has 0 aromatic carbocycles. The highest BCUT2D eigenvalue weighted by atomic mass is 19.4. The number of urea groups is 1. The van der Waals surface area contributed by atoms with Gasteiger partial charge in [0, 0.05) is 31.0 Å². The Morgan fingerprint density at radius 2 is 2.21 bits per heavy atom. The minimum atomic E-state index is -4.49. The molecule has 0 bridgehead atoms. The van der Waals surface area contributed by atoms with Crippen LogP contribution >= 0.6 is 0 Å². The van der Waals surface area contributed by atoms with E-state index in [2.05, 4.69) is 15.0 Å². The molecule has 1 aliphatic heterocycles. The van der Waals surface area contributed by atoms with Gasteiger partial charge in [-0.3, -0.25) is 4.79 Å². The number of carbonyl (C=O) groups is 2. The maximum atomic E-state index is 12.1. The molecule has 1 fully saturated rings. The maximum absolute atomic E-state index is 12.1. The molecule has 0 saturated carbocycles. The number of aliphatic carboxylic acids is 1. The molecular formula is C14H16F3N3O4. The minimum absolute atomic E-state index is 0.0523. The number of hydrogen-bond acceptors (Lipinski definition) is 4. The molecule has 1 aromatic heterocycles. The number of alkyl halides is 3. The summed E-state index contributed by atoms with van der Waals surface area (Å²) in [6, 6.07) is 2.02. The summed E-state index contributed by atoms with van der Waals surface area (Å²) < 4.78 is 40.9. The summed E-state index contributed by atoms with van der Waals surface area (Å²) >= 11 is 0. The van der Waals surface area contributed by atoms with Crippen molar-refractivity contribution in [3.8, 4) is 5.88 Å². The molecule has 1 aliphatic rings. The summed E-state index contributed by atoms with van der Waals surface area (Å²) in [4.78, 5) is 28.3. The molecule has 2 heterocycles. The van der Waals surface area contributed by atoms with Crippen LogP contribution in [0.15, 0.2) is 18.3 Å². The van der Waals surface area contributed by atoms with E-state index in [4.69, 9.17) is 5.11 Å². The van der Waals surface area contributed by atoms with Gasteiger partial charge >= 0.3 is 18.2 Å². The molecule has 2 rings (SSSR count). The number of carboxylic acid groups (broad SMARTS) is 1. The Bertz CT molecular complexity index is 638. The van der Waals surface area contributed by atoms with E-state index in [1.54, 1.807) is 6.92 Å². The highest BCUT2D eigenvalue weighted by Crippen LogP contribution is 2.30. The number of amides is 2. The zero-order chi connectivity index (χ0) is 18.0. The van der Waals surface area contributed by atoms with Crippen molar-refractivity contribution < 1.29 is 32.6 Å². The van der Waals surface area contributed by atoms with Gasteiger partial charge in [-0.05, 0) is 19.4 Å². The molecule has 10 heteroatoms. The molecule has 0 aliphatic carbocycles. The Kier molecular flexibility index (Phi) is 4.86. The van der Waals surface area contributed by atoms with Crippen LogP contribution in [0.25, 0.3) is 0 Å². The van der Waals surface area contributed by atoms with Crippen molar-refractivity contribution in [2.24, 2.45) is 5.41 Å². The van der Waals surface area contributed by atoms with Crippen molar-refractivity contribution >= 4 is 17.7 Å². The number of nitrogens with zero attached hydrogens (tertiary/aromatic N) is 2. The fourth-order valence-electron chi connectivity index (χ4n) is 2.23. The standard InChI is InChI=1S/C14H16F3N3O4/c1-13(11(21)22)3-5-20(7-13)12(23)19-9-2-4-18-10(6-9)24-8-14(15,16)17/h2,4,6H,3,5,7-8H2,1H3,(H,21,22)(H,18,19,23). The second-order valence-corrected chi connectivity index (χ2v) is 5.75. The summed E-state index contributed by atoms with van der Waals surface area (Å²) in [5.41, 5.74) is -0.799. The van der Waals surface area contributed by atoms with Gasteiger partial charge in [-0.15, -0.1) is 0 Å². The van der Waals surface area contributed by atoms with E-state index in [1.807, 2.05) is 0 Å². The van der Waals surface area contributed by atoms with Crippen LogP contribution in [0.1, 0.15) is 13.3 Å². The molecule has 132 valence electrons. The monoisotopic (exact) mass is 347 g/mol. The highest BCUT2D eigenvalue weighted by molar-refractivity contribution is 5.90. The molecule has 1 saturated heterocycles. The third kappa shape index (κ3) is 4.49. The molecule has 1 aromatic rings. The number of ether oxygens (including phenoxy) is 1. The van der Waals surface area contributed by atoms with Crippen molar-refractivity contribution in [3.63, 3.8) is 0 Å². The van der Waals surface area contributed by atoms with E-state index in [9.17, 15) is 22.8 Å². The number of carboxylic acids is 1. The first-order chi connectivity index (χ1) is 11.1. The molecule has 7 nitrogen and oxygen atoms in total. The van der Waals surface area contributed by atoms with Crippen LogP contribution in [-0.4, -0.2) is 52.9 Å². The van der Waals surface area contributed by atoms with Crippen molar-refractivity contribution in [2.45, 2.75) is 19.5 Å². The van der Waals surface area contributed by atoms with E-state index in [0.717, 1.165) is 6.07 Å². The first-order valence-electron chi connectivity index (χ1n) is 7.04. The Balaban J connectivity index is 1.96. The van der Waals surface area contributed by atoms with E-state index in [-0.39, 0.29) is 24.7 Å². The van der Waals surface area contributed by atoms with Gasteiger partial charge in [0.15, 0.2) is 6.61 Å². The number of aromatic nitrogens is 1. The predicted octanol–water partition coefficient (Wildman–Crippen LogP) is 2.35. The Labute approximate surface area is 135 Å². The molecule has 1 atom stereocenters. The van der Waals surface area contributed by atoms with Crippen LogP contribution < -0.4 is 10.1 Å². The average molecular weight is 347 g/mol. The second kappa shape index (κ2) is 6.54. The lowest BCUT2D eigenvalue weighted by Crippen LogP contribution is -2.37. The summed E-state index contributed by atoms with van der Waals surface area (Å²) in [6.45, 7) is 0.395. The lowest BCUT2D eigenvalue weighted by molar-refractivity contribution is -0.154. The maximum Gasteiger partial charge on any atom is 0.422 e. The normalized spacial score (nSPS) is 20.8. The smallest absolute Gasteiger partial charge is 0.422 e. The van der Waals surface area contributed by atoms with Crippen LogP contribution in [-0.2, 0) is 4.79 Å². The largest absolute Gasteiger partial charge is 0.481 e. The molecule has 2 N–H and O–H groups in total. The molecule has 0 spiro atoms. The van der Waals surface area contributed by atoms with E-state index in [0.29, 0.717) is 6.42 Å². The van der Waals surface area contributed by atoms with E-state index >= 15 is 0 Å². The van der Waals surface area contributed by atoms with Gasteiger partial charge in [0.1, 0.15) is 0 Å². The van der Waals surface area contributed by atoms with Crippen molar-refractivity contribution in [1.29, 1.82) is 0 Å². The van der Waals surface area contributed by atoms with Gasteiger partial charge in [0.05, 0.1) is 5.41 Å². The fraction of sp³-hybridized carbons (Fsp3) is 0.500. The van der Waals surface area contributed by atoms with Crippen LogP contribution in [0, 0.1) is 5.41 Å². The number of anilines is 1. The Morgan fingerprint density at radius 1 is 1.50 bits per heavy atom. The first-order valence-corrected chi connectivity index (χ1v) is 7.04. The van der Waals surface area contributed by atoms with E-state index < -0.39 is 30.2 Å². The van der Waals surface area contributed by atoms with Gasteiger partial charge in [-0.25, -0.2) is 9.78 Å². The molecular weight excluding hydrogens is 331 g/mol. The summed E-state index contributed by atoms with van der Waals surface area (Å²) in [5.74, 6) is -1.26. The number of hydrogen-bond donors (Lipinski definition) is 2. The van der Waals surface area contributed by atoms with E-state index in [1.165, 1.54) is 17.2 Å². The topological polar surface area (TPSA) is 91.8 Å². The Hall–Kier alpha value is -2.52. The third-order valence-electron chi connectivity index (χ3n) is 3.65. The van der Waals surface area contributed by atoms with Crippen LogP contribution in [0.2, 0.25) is 0 Å². The quantitative estimate of drug-likeness (QED) is 0.872. The van der Waals surface area contributed by atoms with Gasteiger partial charge in [-0.2, -0.15) is 13.2 Å². The summed E-state index contributed by atoms with van der Waals surface area (Å²) in [6.07, 6.45) is -2.96. The van der Waals surface area contributed by atoms with Crippen molar-refractivity contribution in [3.05, 3.63) is 18.3 Å². The summed E-state index contributed by atoms with van der Waals surface area (Å²) in [5, 5.41) is 11.6. The number of likely N-dealkylation sites (tertiary alicyclic amines) is 1. The average Bonchev–Trinajstić information content (AvgIpc) is 2.89. The number of pyridine rings is 1. The first kappa shape index (κ1) is 17.8. The highest BCUT2D eigenvalue weighted by Gasteiger charge is 2.42. The fourth-order valence-corrected chi connectivity index (χ4v) is 2.23. The van der Waals surface area contributed by atoms with Crippen molar-refractivity contribution in [1.82, 2.24) is 9.88 Å². The molecule has 2 amide bonds. The predicted molar refractivity (Wildman–Crippen MR) is 76.7 cm³/mol. The third-order valence-corrected chi connectivity index (χ3v) is 3.65. The van der Waals surface area contributed by atoms with Gasteiger partial charge < -0.3 is 20.1 Å². The molecule has 24 heavy (non-hydrogen) atoms. The van der Waals surface area contributed by atoms with Crippen LogP contribution in [0.5, 0.6) is 5.88 Å². The number of rotatable bonds is 4. The van der Waals surface area contributed by atoms with Gasteiger partial charge in [0.25, 0.3) is 0 Å². The van der Waals surface area contributed by atoms with Crippen molar-refractivity contribution in [2.75, 3.05) is 25.0 Å². The Morgan fingerprint density at radius 3 is 2.79 bits per heavy atom. The zero-order valence-corrected chi connectivity index (χ0v) is 12.8. The summed E-state index contributed by atoms with van der Waals surface area (Å²) in [7, 11) is 0. The lowest BCUT2D eigenvalue weighted by Gasteiger charge is -2.20. The van der Waals surface area contributed by atoms with Crippen LogP contribution in [0.3, 0.4) is 0 Å². The molecule has 0 radical (unpaired) electrons. The number of halogens is 3. The minimum Gasteiger partial charge on any atom is -0.481 e. The van der Waals surface area contributed by atoms with Crippen LogP contribution in [0.4, 0.5) is 23.7 Å². The lowest BCUT2D eigenvalue weighted by atomic mass is 9.90. The number of carbonyl (C=O) groups excluding carboxylic acids is 1. The van der Waals surface area contributed by atoms with Gasteiger partial charge in [-0.1, -0.05) is 0 Å². The molecule has 1 unspecified atom stereocenters. The second-order valence-electron chi connectivity index (χ2n) is 5.75. The zero-order valence-electron chi connectivity index (χ0n) is 12.8. The van der Waals surface area contributed by atoms with Gasteiger partial charge in [0.2, 0.25) is 5.88 Å².